The number of thiocarbonyl (C=S) groups is 1. The van der Waals surface area contributed by atoms with Gasteiger partial charge in [-0.2, -0.15) is 0 Å². The van der Waals surface area contributed by atoms with E-state index in [2.05, 4.69) is 59.0 Å². The van der Waals surface area contributed by atoms with E-state index in [9.17, 15) is 9.59 Å². The molecule has 1 aliphatic carbocycles. The molecule has 6 rings (SSSR count). The van der Waals surface area contributed by atoms with Gasteiger partial charge in [-0.3, -0.25) is 9.59 Å². The lowest BCUT2D eigenvalue weighted by atomic mass is 9.83. The van der Waals surface area contributed by atoms with E-state index in [-0.39, 0.29) is 23.4 Å². The Balaban J connectivity index is 1.27. The minimum atomic E-state index is -0.0386. The fraction of sp³-hybridized carbons (Fsp3) is 0.424. The SMILES string of the molecule is Cc1ccc(NC(=S)Nc2cc(C(=O)NC3CCCCC3)ccc2N2C[C@H]3C[C@@H](C2)c2cccc(=O)n2C3)cc1C. The lowest BCUT2D eigenvalue weighted by Gasteiger charge is -2.44. The van der Waals surface area contributed by atoms with Crippen LogP contribution < -0.4 is 26.4 Å². The first-order valence-corrected chi connectivity index (χ1v) is 15.3. The molecule has 1 aromatic heterocycles. The molecule has 3 N–H and O–H groups in total. The van der Waals surface area contributed by atoms with Crippen LogP contribution in [-0.4, -0.2) is 34.7 Å². The molecule has 2 aromatic carbocycles. The molecular formula is C33H39N5O2S. The number of anilines is 3. The number of carbonyl (C=O) groups is 1. The summed E-state index contributed by atoms with van der Waals surface area (Å²) in [6, 6.07) is 18.0. The molecule has 7 nitrogen and oxygen atoms in total. The Morgan fingerprint density at radius 3 is 2.54 bits per heavy atom. The number of nitrogens with zero attached hydrogens (tertiary/aromatic N) is 2. The fourth-order valence-corrected chi connectivity index (χ4v) is 6.99. The summed E-state index contributed by atoms with van der Waals surface area (Å²) in [5.41, 5.74) is 7.01. The van der Waals surface area contributed by atoms with Crippen molar-refractivity contribution in [2.24, 2.45) is 5.92 Å². The van der Waals surface area contributed by atoms with Crippen molar-refractivity contribution in [2.45, 2.75) is 70.9 Å². The Morgan fingerprint density at radius 2 is 1.73 bits per heavy atom. The van der Waals surface area contributed by atoms with Crippen molar-refractivity contribution in [3.63, 3.8) is 0 Å². The minimum Gasteiger partial charge on any atom is -0.369 e. The lowest BCUT2D eigenvalue weighted by molar-refractivity contribution is 0.0927. The third kappa shape index (κ3) is 6.03. The molecule has 3 aliphatic rings. The standard InChI is InChI=1S/C33H39N5O2S/c1-21-11-13-27(15-22(21)2)35-33(41)36-28-17-24(32(40)34-26-7-4-3-5-8-26)12-14-30(28)37-18-23-16-25(20-37)29-9-6-10-31(39)38(29)19-23/h6,9-15,17,23,25-26H,3-5,7-8,16,18-20H2,1-2H3,(H,34,40)(H2,35,36,41)/t23-,25+/m1/s1. The Kier molecular flexibility index (Phi) is 7.84. The summed E-state index contributed by atoms with van der Waals surface area (Å²) in [6.45, 7) is 6.56. The molecule has 2 aliphatic heterocycles. The Bertz CT molecular complexity index is 1530. The van der Waals surface area contributed by atoms with E-state index in [1.807, 2.05) is 28.8 Å². The van der Waals surface area contributed by atoms with Gasteiger partial charge >= 0.3 is 0 Å². The smallest absolute Gasteiger partial charge is 0.251 e. The maximum Gasteiger partial charge on any atom is 0.251 e. The van der Waals surface area contributed by atoms with Gasteiger partial charge in [0.25, 0.3) is 11.5 Å². The van der Waals surface area contributed by atoms with Gasteiger partial charge in [0.15, 0.2) is 5.11 Å². The molecule has 0 radical (unpaired) electrons. The normalized spacial score (nSPS) is 20.2. The van der Waals surface area contributed by atoms with Crippen LogP contribution in [0.2, 0.25) is 0 Å². The van der Waals surface area contributed by atoms with Gasteiger partial charge in [0, 0.05) is 54.6 Å². The molecule has 41 heavy (non-hydrogen) atoms. The zero-order valence-electron chi connectivity index (χ0n) is 23.9. The van der Waals surface area contributed by atoms with E-state index in [0.29, 0.717) is 16.6 Å². The number of benzene rings is 2. The first-order chi connectivity index (χ1) is 19.8. The number of amides is 1. The molecule has 2 fully saturated rings. The van der Waals surface area contributed by atoms with Gasteiger partial charge in [0.1, 0.15) is 0 Å². The molecule has 1 saturated heterocycles. The number of hydrogen-bond acceptors (Lipinski definition) is 4. The Morgan fingerprint density at radius 1 is 0.902 bits per heavy atom. The largest absolute Gasteiger partial charge is 0.369 e. The summed E-state index contributed by atoms with van der Waals surface area (Å²) in [4.78, 5) is 28.2. The third-order valence-electron chi connectivity index (χ3n) is 9.03. The average Bonchev–Trinajstić information content (AvgIpc) is 2.96. The highest BCUT2D eigenvalue weighted by Crippen LogP contribution is 2.39. The van der Waals surface area contributed by atoms with Crippen molar-refractivity contribution in [1.82, 2.24) is 9.88 Å². The van der Waals surface area contributed by atoms with Gasteiger partial charge in [0.05, 0.1) is 11.4 Å². The lowest BCUT2D eigenvalue weighted by Crippen LogP contribution is -2.47. The topological polar surface area (TPSA) is 78.4 Å². The maximum atomic E-state index is 13.3. The fourth-order valence-electron chi connectivity index (χ4n) is 6.77. The number of hydrogen-bond donors (Lipinski definition) is 3. The van der Waals surface area contributed by atoms with Gasteiger partial charge in [-0.25, -0.2) is 0 Å². The van der Waals surface area contributed by atoms with Crippen LogP contribution in [0.5, 0.6) is 0 Å². The molecule has 0 unspecified atom stereocenters. The van der Waals surface area contributed by atoms with E-state index in [0.717, 1.165) is 61.7 Å². The van der Waals surface area contributed by atoms with Crippen LogP contribution in [0.15, 0.2) is 59.4 Å². The number of aryl methyl sites for hydroxylation is 2. The first kappa shape index (κ1) is 27.5. The van der Waals surface area contributed by atoms with Crippen molar-refractivity contribution < 1.29 is 4.79 Å². The molecule has 1 amide bonds. The maximum absolute atomic E-state index is 13.3. The van der Waals surface area contributed by atoms with Crippen LogP contribution in [0.3, 0.4) is 0 Å². The second-order valence-corrected chi connectivity index (χ2v) is 12.4. The highest BCUT2D eigenvalue weighted by atomic mass is 32.1. The second kappa shape index (κ2) is 11.7. The number of aromatic nitrogens is 1. The van der Waals surface area contributed by atoms with Gasteiger partial charge in [0.2, 0.25) is 0 Å². The summed E-state index contributed by atoms with van der Waals surface area (Å²) >= 11 is 5.76. The Labute approximate surface area is 247 Å². The summed E-state index contributed by atoms with van der Waals surface area (Å²) < 4.78 is 1.96. The number of fused-ring (bicyclic) bond motifs is 4. The highest BCUT2D eigenvalue weighted by Gasteiger charge is 2.35. The molecule has 8 heteroatoms. The van der Waals surface area contributed by atoms with Gasteiger partial charge in [-0.15, -0.1) is 0 Å². The molecule has 2 bridgehead atoms. The molecule has 214 valence electrons. The summed E-state index contributed by atoms with van der Waals surface area (Å²) in [7, 11) is 0. The van der Waals surface area contributed by atoms with Crippen molar-refractivity contribution >= 4 is 40.3 Å². The third-order valence-corrected chi connectivity index (χ3v) is 9.24. The van der Waals surface area contributed by atoms with Crippen molar-refractivity contribution in [3.05, 3.63) is 87.3 Å². The molecular weight excluding hydrogens is 530 g/mol. The summed E-state index contributed by atoms with van der Waals surface area (Å²) in [6.07, 6.45) is 6.75. The summed E-state index contributed by atoms with van der Waals surface area (Å²) in [5, 5.41) is 10.5. The van der Waals surface area contributed by atoms with E-state index in [1.165, 1.54) is 30.4 Å². The van der Waals surface area contributed by atoms with E-state index >= 15 is 0 Å². The average molecular weight is 570 g/mol. The van der Waals surface area contributed by atoms with Gasteiger partial charge < -0.3 is 25.4 Å². The molecule has 2 atom stereocenters. The summed E-state index contributed by atoms with van der Waals surface area (Å²) in [5.74, 6) is 0.617. The quantitative estimate of drug-likeness (QED) is 0.329. The first-order valence-electron chi connectivity index (χ1n) is 14.9. The number of piperidine rings is 1. The van der Waals surface area contributed by atoms with Gasteiger partial charge in [-0.05, 0) is 98.8 Å². The number of pyridine rings is 1. The van der Waals surface area contributed by atoms with Crippen molar-refractivity contribution in [1.29, 1.82) is 0 Å². The van der Waals surface area contributed by atoms with Gasteiger partial charge in [-0.1, -0.05) is 31.4 Å². The second-order valence-electron chi connectivity index (χ2n) is 12.0. The predicted molar refractivity (Wildman–Crippen MR) is 170 cm³/mol. The van der Waals surface area contributed by atoms with Crippen LogP contribution in [0, 0.1) is 19.8 Å². The Hall–Kier alpha value is -3.65. The zero-order valence-corrected chi connectivity index (χ0v) is 24.7. The van der Waals surface area contributed by atoms with E-state index in [4.69, 9.17) is 12.2 Å². The van der Waals surface area contributed by atoms with E-state index < -0.39 is 0 Å². The molecule has 3 aromatic rings. The number of carbonyl (C=O) groups excluding carboxylic acids is 1. The highest BCUT2D eigenvalue weighted by molar-refractivity contribution is 7.80. The van der Waals surface area contributed by atoms with Crippen LogP contribution in [0.25, 0.3) is 0 Å². The number of nitrogens with one attached hydrogen (secondary N) is 3. The van der Waals surface area contributed by atoms with Crippen molar-refractivity contribution in [2.75, 3.05) is 28.6 Å². The molecule has 1 saturated carbocycles. The molecule has 0 spiro atoms. The molecule has 3 heterocycles. The van der Waals surface area contributed by atoms with Crippen LogP contribution in [-0.2, 0) is 6.54 Å². The van der Waals surface area contributed by atoms with Crippen LogP contribution in [0.1, 0.15) is 71.6 Å². The zero-order chi connectivity index (χ0) is 28.5. The van der Waals surface area contributed by atoms with E-state index in [1.54, 1.807) is 6.07 Å². The van der Waals surface area contributed by atoms with Crippen molar-refractivity contribution in [3.8, 4) is 0 Å². The minimum absolute atomic E-state index is 0.0386. The van der Waals surface area contributed by atoms with Crippen LogP contribution in [0.4, 0.5) is 17.1 Å². The van der Waals surface area contributed by atoms with Crippen LogP contribution >= 0.6 is 12.2 Å². The predicted octanol–water partition coefficient (Wildman–Crippen LogP) is 5.96. The number of rotatable bonds is 5. The monoisotopic (exact) mass is 569 g/mol.